The van der Waals surface area contributed by atoms with E-state index in [1.807, 2.05) is 0 Å². The Bertz CT molecular complexity index is 639. The summed E-state index contributed by atoms with van der Waals surface area (Å²) in [5, 5.41) is 0.277. The van der Waals surface area contributed by atoms with Crippen molar-refractivity contribution in [2.45, 2.75) is 6.36 Å². The summed E-state index contributed by atoms with van der Waals surface area (Å²) in [5.41, 5.74) is 1.38. The number of hydrogen-bond donors (Lipinski definition) is 0. The van der Waals surface area contributed by atoms with Gasteiger partial charge < -0.3 is 4.74 Å². The van der Waals surface area contributed by atoms with Crippen LogP contribution in [0.1, 0.15) is 10.4 Å². The van der Waals surface area contributed by atoms with E-state index in [1.165, 1.54) is 30.3 Å². The number of aldehydes is 1. The minimum absolute atomic E-state index is 0.277. The first-order valence-electron chi connectivity index (χ1n) is 5.50. The van der Waals surface area contributed by atoms with Crippen LogP contribution in [0.15, 0.2) is 42.5 Å². The maximum atomic E-state index is 12.2. The van der Waals surface area contributed by atoms with Gasteiger partial charge in [-0.3, -0.25) is 4.79 Å². The van der Waals surface area contributed by atoms with E-state index in [4.69, 9.17) is 11.6 Å². The van der Waals surface area contributed by atoms with Crippen LogP contribution in [0.25, 0.3) is 11.1 Å². The average Bonchev–Trinajstić information content (AvgIpc) is 2.36. The molecule has 0 saturated carbocycles. The largest absolute Gasteiger partial charge is 0.573 e. The second-order valence-corrected chi connectivity index (χ2v) is 4.34. The molecule has 0 heterocycles. The lowest BCUT2D eigenvalue weighted by atomic mass is 10.0. The topological polar surface area (TPSA) is 26.3 Å². The number of halogens is 4. The molecule has 0 aliphatic heterocycles. The van der Waals surface area contributed by atoms with Gasteiger partial charge in [0.15, 0.2) is 0 Å². The summed E-state index contributed by atoms with van der Waals surface area (Å²) in [4.78, 5) is 10.6. The molecule has 20 heavy (non-hydrogen) atoms. The van der Waals surface area contributed by atoms with Crippen molar-refractivity contribution in [2.75, 3.05) is 0 Å². The Balaban J connectivity index is 2.38. The van der Waals surface area contributed by atoms with Crippen LogP contribution in [0.3, 0.4) is 0 Å². The number of alkyl halides is 3. The molecule has 0 bridgehead atoms. The molecule has 0 amide bonds. The molecular formula is C14H8ClF3O2. The number of rotatable bonds is 3. The van der Waals surface area contributed by atoms with Crippen molar-refractivity contribution in [3.63, 3.8) is 0 Å². The highest BCUT2D eigenvalue weighted by atomic mass is 35.5. The maximum Gasteiger partial charge on any atom is 0.573 e. The van der Waals surface area contributed by atoms with E-state index in [9.17, 15) is 18.0 Å². The summed E-state index contributed by atoms with van der Waals surface area (Å²) in [6.45, 7) is 0. The fourth-order valence-electron chi connectivity index (χ4n) is 1.70. The van der Waals surface area contributed by atoms with Crippen LogP contribution in [0.5, 0.6) is 5.75 Å². The standard InChI is InChI=1S/C14H8ClF3O2/c15-13-6-9(8-19)4-5-12(13)10-2-1-3-11(7-10)20-14(16,17)18/h1-8H. The highest BCUT2D eigenvalue weighted by molar-refractivity contribution is 6.33. The van der Waals surface area contributed by atoms with Gasteiger partial charge in [-0.1, -0.05) is 35.9 Å². The zero-order valence-electron chi connectivity index (χ0n) is 9.95. The highest BCUT2D eigenvalue weighted by Crippen LogP contribution is 2.32. The lowest BCUT2D eigenvalue weighted by Gasteiger charge is -2.11. The molecular weight excluding hydrogens is 293 g/mol. The van der Waals surface area contributed by atoms with E-state index in [0.29, 0.717) is 23.0 Å². The van der Waals surface area contributed by atoms with E-state index in [0.717, 1.165) is 0 Å². The summed E-state index contributed by atoms with van der Waals surface area (Å²) in [6.07, 6.45) is -4.11. The number of hydrogen-bond acceptors (Lipinski definition) is 2. The van der Waals surface area contributed by atoms with E-state index >= 15 is 0 Å². The summed E-state index contributed by atoms with van der Waals surface area (Å²) in [7, 11) is 0. The molecule has 104 valence electrons. The summed E-state index contributed by atoms with van der Waals surface area (Å²) >= 11 is 6.01. The zero-order valence-corrected chi connectivity index (χ0v) is 10.7. The predicted molar refractivity (Wildman–Crippen MR) is 69.0 cm³/mol. The first-order chi connectivity index (χ1) is 9.39. The Kier molecular flexibility index (Phi) is 3.99. The molecule has 0 saturated heterocycles. The third-order valence-corrected chi connectivity index (χ3v) is 2.82. The fraction of sp³-hybridized carbons (Fsp3) is 0.0714. The Morgan fingerprint density at radius 2 is 1.85 bits per heavy atom. The summed E-state index contributed by atoms with van der Waals surface area (Å²) < 4.78 is 40.3. The fourth-order valence-corrected chi connectivity index (χ4v) is 2.00. The van der Waals surface area contributed by atoms with Gasteiger partial charge in [-0.05, 0) is 23.8 Å². The normalized spacial score (nSPS) is 11.2. The van der Waals surface area contributed by atoms with Gasteiger partial charge >= 0.3 is 6.36 Å². The van der Waals surface area contributed by atoms with E-state index < -0.39 is 6.36 Å². The molecule has 0 unspecified atom stereocenters. The quantitative estimate of drug-likeness (QED) is 0.767. The third-order valence-electron chi connectivity index (χ3n) is 2.51. The number of ether oxygens (including phenoxy) is 1. The average molecular weight is 301 g/mol. The first-order valence-corrected chi connectivity index (χ1v) is 5.88. The van der Waals surface area contributed by atoms with Gasteiger partial charge in [-0.2, -0.15) is 0 Å². The summed E-state index contributed by atoms with van der Waals surface area (Å²) in [6, 6.07) is 10.0. The molecule has 0 atom stereocenters. The van der Waals surface area contributed by atoms with E-state index in [1.54, 1.807) is 12.1 Å². The molecule has 0 radical (unpaired) electrons. The Morgan fingerprint density at radius 1 is 1.10 bits per heavy atom. The molecule has 2 nitrogen and oxygen atoms in total. The van der Waals surface area contributed by atoms with Crippen molar-refractivity contribution >= 4 is 17.9 Å². The highest BCUT2D eigenvalue weighted by Gasteiger charge is 2.31. The second-order valence-electron chi connectivity index (χ2n) is 3.93. The molecule has 0 N–H and O–H groups in total. The zero-order chi connectivity index (χ0) is 14.8. The van der Waals surface area contributed by atoms with Crippen LogP contribution in [-0.2, 0) is 0 Å². The Labute approximate surface area is 117 Å². The Morgan fingerprint density at radius 3 is 2.45 bits per heavy atom. The molecule has 2 rings (SSSR count). The maximum absolute atomic E-state index is 12.2. The molecule has 6 heteroatoms. The molecule has 2 aromatic carbocycles. The second kappa shape index (κ2) is 5.54. The van der Waals surface area contributed by atoms with Crippen LogP contribution in [0, 0.1) is 0 Å². The van der Waals surface area contributed by atoms with E-state index in [2.05, 4.69) is 4.74 Å². The van der Waals surface area contributed by atoms with Crippen molar-refractivity contribution in [3.8, 4) is 16.9 Å². The van der Waals surface area contributed by atoms with Gasteiger partial charge in [-0.15, -0.1) is 13.2 Å². The monoisotopic (exact) mass is 300 g/mol. The molecule has 0 aliphatic carbocycles. The van der Waals surface area contributed by atoms with Gasteiger partial charge in [0.25, 0.3) is 0 Å². The Hall–Kier alpha value is -2.01. The predicted octanol–water partition coefficient (Wildman–Crippen LogP) is 4.72. The summed E-state index contributed by atoms with van der Waals surface area (Å²) in [5.74, 6) is -0.328. The number of carbonyl (C=O) groups excluding carboxylic acids is 1. The van der Waals surface area contributed by atoms with Crippen LogP contribution in [0.4, 0.5) is 13.2 Å². The minimum atomic E-state index is -4.75. The van der Waals surface area contributed by atoms with Gasteiger partial charge in [0.05, 0.1) is 0 Å². The van der Waals surface area contributed by atoms with Gasteiger partial charge in [0.2, 0.25) is 0 Å². The van der Waals surface area contributed by atoms with Crippen LogP contribution >= 0.6 is 11.6 Å². The van der Waals surface area contributed by atoms with Crippen molar-refractivity contribution in [3.05, 3.63) is 53.1 Å². The van der Waals surface area contributed by atoms with Crippen molar-refractivity contribution in [1.82, 2.24) is 0 Å². The van der Waals surface area contributed by atoms with Gasteiger partial charge in [0.1, 0.15) is 12.0 Å². The van der Waals surface area contributed by atoms with Crippen molar-refractivity contribution < 1.29 is 22.7 Å². The molecule has 2 aromatic rings. The van der Waals surface area contributed by atoms with Crippen LogP contribution < -0.4 is 4.74 Å². The molecule has 0 spiro atoms. The van der Waals surface area contributed by atoms with Crippen molar-refractivity contribution in [2.24, 2.45) is 0 Å². The number of carbonyl (C=O) groups is 1. The van der Waals surface area contributed by atoms with Crippen molar-refractivity contribution in [1.29, 1.82) is 0 Å². The molecule has 0 aromatic heterocycles. The van der Waals surface area contributed by atoms with E-state index in [-0.39, 0.29) is 10.8 Å². The SMILES string of the molecule is O=Cc1ccc(-c2cccc(OC(F)(F)F)c2)c(Cl)c1. The smallest absolute Gasteiger partial charge is 0.406 e. The van der Waals surface area contributed by atoms with Gasteiger partial charge in [-0.25, -0.2) is 0 Å². The third kappa shape index (κ3) is 3.51. The first kappa shape index (κ1) is 14.4. The number of benzene rings is 2. The lowest BCUT2D eigenvalue weighted by Crippen LogP contribution is -2.17. The minimum Gasteiger partial charge on any atom is -0.406 e. The molecule has 0 fully saturated rings. The lowest BCUT2D eigenvalue weighted by molar-refractivity contribution is -0.274. The molecule has 0 aliphatic rings. The van der Waals surface area contributed by atoms with Crippen LogP contribution in [-0.4, -0.2) is 12.6 Å². The van der Waals surface area contributed by atoms with Gasteiger partial charge in [0, 0.05) is 16.1 Å². The van der Waals surface area contributed by atoms with Crippen LogP contribution in [0.2, 0.25) is 5.02 Å².